The highest BCUT2D eigenvalue weighted by atomic mass is 16.2. The normalized spacial score (nSPS) is 21.2. The molecule has 28 heavy (non-hydrogen) atoms. The van der Waals surface area contributed by atoms with Crippen molar-refractivity contribution in [3.63, 3.8) is 0 Å². The molecule has 2 fully saturated rings. The number of amides is 1. The van der Waals surface area contributed by atoms with Crippen LogP contribution in [0.4, 0.5) is 0 Å². The van der Waals surface area contributed by atoms with Crippen LogP contribution in [-0.2, 0) is 17.9 Å². The maximum atomic E-state index is 12.5. The first kappa shape index (κ1) is 17.5. The van der Waals surface area contributed by atoms with E-state index in [1.54, 1.807) is 12.5 Å². The molecule has 6 heteroatoms. The molecule has 1 saturated carbocycles. The highest BCUT2D eigenvalue weighted by Crippen LogP contribution is 2.59. The largest absolute Gasteiger partial charge is 0.357 e. The molecule has 0 radical (unpaired) electrons. The van der Waals surface area contributed by atoms with Gasteiger partial charge in [-0.25, -0.2) is 4.98 Å². The Hall–Kier alpha value is -2.60. The number of carbonyl (C=O) groups is 1. The molecule has 0 bridgehead atoms. The molecule has 1 aliphatic heterocycles. The maximum absolute atomic E-state index is 12.5. The maximum Gasteiger partial charge on any atom is 0.223 e. The second-order valence-electron chi connectivity index (χ2n) is 8.37. The Labute approximate surface area is 164 Å². The lowest BCUT2D eigenvalue weighted by molar-refractivity contribution is -0.123. The van der Waals surface area contributed by atoms with E-state index in [9.17, 15) is 4.79 Å². The van der Waals surface area contributed by atoms with E-state index < -0.39 is 0 Å². The number of para-hydroxylation sites is 1. The zero-order chi connectivity index (χ0) is 19.0. The topological polar surface area (TPSA) is 66.0 Å². The average molecular weight is 377 g/mol. The van der Waals surface area contributed by atoms with Gasteiger partial charge in [0.05, 0.1) is 6.33 Å². The molecule has 1 aromatic carbocycles. The number of carbonyl (C=O) groups excluding carboxylic acids is 1. The van der Waals surface area contributed by atoms with Crippen molar-refractivity contribution in [2.75, 3.05) is 19.6 Å². The van der Waals surface area contributed by atoms with Crippen molar-refractivity contribution in [1.82, 2.24) is 24.8 Å². The van der Waals surface area contributed by atoms with Crippen LogP contribution in [0.5, 0.6) is 0 Å². The smallest absolute Gasteiger partial charge is 0.223 e. The molecule has 2 aliphatic rings. The third-order valence-corrected chi connectivity index (χ3v) is 6.57. The molecule has 1 unspecified atom stereocenters. The number of aromatic nitrogens is 3. The fourth-order valence-electron chi connectivity index (χ4n) is 4.74. The molecule has 2 N–H and O–H groups in total. The van der Waals surface area contributed by atoms with Gasteiger partial charge in [0.25, 0.3) is 0 Å². The molecular weight excluding hydrogens is 350 g/mol. The van der Waals surface area contributed by atoms with E-state index in [1.807, 2.05) is 10.8 Å². The van der Waals surface area contributed by atoms with Gasteiger partial charge < -0.3 is 14.9 Å². The lowest BCUT2D eigenvalue weighted by Gasteiger charge is -2.32. The average Bonchev–Trinajstić information content (AvgIpc) is 3.05. The molecule has 1 amide bonds. The first-order valence-corrected chi connectivity index (χ1v) is 10.2. The summed E-state index contributed by atoms with van der Waals surface area (Å²) in [7, 11) is 0. The number of imidazole rings is 1. The minimum absolute atomic E-state index is 0.213. The van der Waals surface area contributed by atoms with E-state index in [1.165, 1.54) is 16.6 Å². The molecule has 2 aromatic heterocycles. The quantitative estimate of drug-likeness (QED) is 0.694. The van der Waals surface area contributed by atoms with Crippen LogP contribution in [0.2, 0.25) is 0 Å². The molecule has 6 nitrogen and oxygen atoms in total. The zero-order valence-electron chi connectivity index (χ0n) is 16.1. The summed E-state index contributed by atoms with van der Waals surface area (Å²) in [5, 5.41) is 4.39. The number of nitrogens with zero attached hydrogens (tertiary/aromatic N) is 3. The number of likely N-dealkylation sites (tertiary alicyclic amines) is 1. The van der Waals surface area contributed by atoms with E-state index in [2.05, 4.69) is 50.5 Å². The van der Waals surface area contributed by atoms with Gasteiger partial charge in [0.2, 0.25) is 5.91 Å². The van der Waals surface area contributed by atoms with Crippen molar-refractivity contribution < 1.29 is 4.79 Å². The van der Waals surface area contributed by atoms with Gasteiger partial charge in [0.1, 0.15) is 0 Å². The number of nitrogens with one attached hydrogen (secondary N) is 2. The summed E-state index contributed by atoms with van der Waals surface area (Å²) in [5.41, 5.74) is 2.75. The first-order chi connectivity index (χ1) is 13.7. The van der Waals surface area contributed by atoms with Gasteiger partial charge in [-0.2, -0.15) is 0 Å². The van der Waals surface area contributed by atoms with Crippen molar-refractivity contribution in [3.8, 4) is 0 Å². The van der Waals surface area contributed by atoms with Crippen molar-refractivity contribution in [3.05, 3.63) is 54.7 Å². The standard InChI is InChI=1S/C22H27N5O/c28-21(24-8-12-27-11-7-23-16-27)19-14-22(19)5-9-26(10-6-22)15-18-13-17-3-1-2-4-20(17)25-18/h1-4,7,11,13,16,19,25H,5-6,8-10,12,14-15H2,(H,24,28). The number of benzene rings is 1. The van der Waals surface area contributed by atoms with Crippen molar-refractivity contribution >= 4 is 16.8 Å². The fraction of sp³-hybridized carbons (Fsp3) is 0.455. The van der Waals surface area contributed by atoms with Crippen LogP contribution in [0.1, 0.15) is 25.0 Å². The van der Waals surface area contributed by atoms with E-state index in [4.69, 9.17) is 0 Å². The van der Waals surface area contributed by atoms with E-state index >= 15 is 0 Å². The summed E-state index contributed by atoms with van der Waals surface area (Å²) < 4.78 is 1.99. The van der Waals surface area contributed by atoms with Gasteiger partial charge in [0, 0.05) is 49.2 Å². The predicted molar refractivity (Wildman–Crippen MR) is 109 cm³/mol. The minimum Gasteiger partial charge on any atom is -0.357 e. The molecule has 1 spiro atoms. The summed E-state index contributed by atoms with van der Waals surface area (Å²) in [4.78, 5) is 22.6. The third kappa shape index (κ3) is 3.44. The molecule has 1 atom stereocenters. The summed E-state index contributed by atoms with van der Waals surface area (Å²) in [6.07, 6.45) is 8.80. The van der Waals surface area contributed by atoms with Gasteiger partial charge in [-0.1, -0.05) is 18.2 Å². The second kappa shape index (κ2) is 7.09. The molecule has 1 aliphatic carbocycles. The van der Waals surface area contributed by atoms with Crippen molar-refractivity contribution in [2.45, 2.75) is 32.4 Å². The first-order valence-electron chi connectivity index (χ1n) is 10.2. The minimum atomic E-state index is 0.213. The van der Waals surface area contributed by atoms with Crippen LogP contribution in [0.25, 0.3) is 10.9 Å². The SMILES string of the molecule is O=C(NCCn1ccnc1)C1CC12CCN(Cc1cc3ccccc3[nH]1)CC2. The molecule has 5 rings (SSSR count). The number of hydrogen-bond donors (Lipinski definition) is 2. The Bertz CT molecular complexity index is 919. The lowest BCUT2D eigenvalue weighted by atomic mass is 9.90. The molecule has 1 saturated heterocycles. The van der Waals surface area contributed by atoms with Crippen LogP contribution in [-0.4, -0.2) is 45.0 Å². The zero-order valence-corrected chi connectivity index (χ0v) is 16.1. The summed E-state index contributed by atoms with van der Waals surface area (Å²) >= 11 is 0. The van der Waals surface area contributed by atoms with Crippen LogP contribution in [0.15, 0.2) is 49.1 Å². The number of H-pyrrole nitrogens is 1. The van der Waals surface area contributed by atoms with Crippen LogP contribution < -0.4 is 5.32 Å². The van der Waals surface area contributed by atoms with Gasteiger partial charge in [-0.3, -0.25) is 9.69 Å². The number of fused-ring (bicyclic) bond motifs is 1. The Morgan fingerprint density at radius 1 is 1.29 bits per heavy atom. The molecule has 3 heterocycles. The van der Waals surface area contributed by atoms with Crippen molar-refractivity contribution in [1.29, 1.82) is 0 Å². The van der Waals surface area contributed by atoms with Crippen LogP contribution >= 0.6 is 0 Å². The van der Waals surface area contributed by atoms with Gasteiger partial charge in [0.15, 0.2) is 0 Å². The summed E-state index contributed by atoms with van der Waals surface area (Å²) in [5.74, 6) is 0.453. The number of aromatic amines is 1. The van der Waals surface area contributed by atoms with Gasteiger partial charge >= 0.3 is 0 Å². The Kier molecular flexibility index (Phi) is 4.43. The Morgan fingerprint density at radius 3 is 2.93 bits per heavy atom. The lowest BCUT2D eigenvalue weighted by Crippen LogP contribution is -2.37. The summed E-state index contributed by atoms with van der Waals surface area (Å²) in [6.45, 7) is 4.58. The predicted octanol–water partition coefficient (Wildman–Crippen LogP) is 2.78. The van der Waals surface area contributed by atoms with Gasteiger partial charge in [-0.05, 0) is 55.3 Å². The summed E-state index contributed by atoms with van der Waals surface area (Å²) in [6, 6.07) is 10.7. The third-order valence-electron chi connectivity index (χ3n) is 6.57. The molecular formula is C22H27N5O. The van der Waals surface area contributed by atoms with E-state index in [0.717, 1.165) is 45.4 Å². The van der Waals surface area contributed by atoms with Gasteiger partial charge in [-0.15, -0.1) is 0 Å². The highest BCUT2D eigenvalue weighted by molar-refractivity contribution is 5.82. The van der Waals surface area contributed by atoms with Crippen LogP contribution in [0, 0.1) is 11.3 Å². The van der Waals surface area contributed by atoms with E-state index in [0.29, 0.717) is 6.54 Å². The monoisotopic (exact) mass is 377 g/mol. The number of rotatable bonds is 6. The number of piperidine rings is 1. The molecule has 146 valence electrons. The Morgan fingerprint density at radius 2 is 2.14 bits per heavy atom. The molecule has 3 aromatic rings. The number of hydrogen-bond acceptors (Lipinski definition) is 3. The Balaban J connectivity index is 1.09. The van der Waals surface area contributed by atoms with Crippen LogP contribution in [0.3, 0.4) is 0 Å². The van der Waals surface area contributed by atoms with Crippen molar-refractivity contribution in [2.24, 2.45) is 11.3 Å². The fourth-order valence-corrected chi connectivity index (χ4v) is 4.74. The highest BCUT2D eigenvalue weighted by Gasteiger charge is 2.58. The second-order valence-corrected chi connectivity index (χ2v) is 8.37. The van der Waals surface area contributed by atoms with E-state index in [-0.39, 0.29) is 17.2 Å².